The Morgan fingerprint density at radius 1 is 1.14 bits per heavy atom. The molecule has 7 heteroatoms. The van der Waals surface area contributed by atoms with Gasteiger partial charge in [0.25, 0.3) is 0 Å². The quantitative estimate of drug-likeness (QED) is 0.763. The zero-order valence-corrected chi connectivity index (χ0v) is 11.2. The van der Waals surface area contributed by atoms with Gasteiger partial charge in [-0.25, -0.2) is 4.39 Å². The van der Waals surface area contributed by atoms with Crippen LogP contribution in [0.25, 0.3) is 10.8 Å². The largest absolute Gasteiger partial charge is 0.508 e. The maximum absolute atomic E-state index is 13.9. The molecule has 0 atom stereocenters. The molecular weight excluding hydrogens is 289 g/mol. The molecule has 2 rings (SSSR count). The van der Waals surface area contributed by atoms with Gasteiger partial charge in [0, 0.05) is 5.39 Å². The van der Waals surface area contributed by atoms with E-state index in [1.807, 2.05) is 0 Å². The molecule has 2 aromatic rings. The number of fused-ring (bicyclic) bond motifs is 1. The highest BCUT2D eigenvalue weighted by atomic mass is 19.2. The van der Waals surface area contributed by atoms with Crippen molar-refractivity contribution in [1.29, 1.82) is 0 Å². The third-order valence-corrected chi connectivity index (χ3v) is 2.96. The van der Waals surface area contributed by atoms with E-state index in [9.17, 15) is 18.3 Å². The molecule has 0 amide bonds. The molecule has 0 fully saturated rings. The number of rotatable bonds is 3. The molecule has 0 bridgehead atoms. The zero-order chi connectivity index (χ0) is 15.9. The van der Waals surface area contributed by atoms with Gasteiger partial charge in [0.05, 0.1) is 0 Å². The Labute approximate surface area is 118 Å². The highest BCUT2D eigenvalue weighted by molar-refractivity contribution is 5.93. The standard InChI is InChI=1S/C14H13F3O4/c1-6(2)9-5-8(18)3-7-4-10(15)12(16)13(11(7)9)21-14(17,19)20/h3-6,18-20H,1-2H3. The molecule has 0 aromatic heterocycles. The average molecular weight is 302 g/mol. The minimum absolute atomic E-state index is 0.0388. The van der Waals surface area contributed by atoms with Gasteiger partial charge in [0.2, 0.25) is 5.82 Å². The highest BCUT2D eigenvalue weighted by Crippen LogP contribution is 2.39. The number of hydrogen-bond acceptors (Lipinski definition) is 4. The molecule has 0 unspecified atom stereocenters. The van der Waals surface area contributed by atoms with Crippen molar-refractivity contribution in [2.75, 3.05) is 0 Å². The van der Waals surface area contributed by atoms with Crippen LogP contribution in [-0.2, 0) is 0 Å². The van der Waals surface area contributed by atoms with Crippen molar-refractivity contribution in [3.63, 3.8) is 0 Å². The molecule has 0 aliphatic carbocycles. The molecule has 0 spiro atoms. The molecule has 3 N–H and O–H groups in total. The smallest absolute Gasteiger partial charge is 0.492 e. The van der Waals surface area contributed by atoms with Gasteiger partial charge < -0.3 is 20.1 Å². The Kier molecular flexibility index (Phi) is 3.73. The van der Waals surface area contributed by atoms with E-state index >= 15 is 0 Å². The topological polar surface area (TPSA) is 69.9 Å². The third-order valence-electron chi connectivity index (χ3n) is 2.96. The van der Waals surface area contributed by atoms with Crippen LogP contribution < -0.4 is 4.74 Å². The number of phenolic OH excluding ortho intramolecular Hbond substituents is 1. The van der Waals surface area contributed by atoms with E-state index in [-0.39, 0.29) is 22.4 Å². The van der Waals surface area contributed by atoms with Crippen LogP contribution >= 0.6 is 0 Å². The molecule has 0 aliphatic heterocycles. The molecule has 0 saturated carbocycles. The van der Waals surface area contributed by atoms with Crippen LogP contribution in [-0.4, -0.2) is 21.5 Å². The number of phenols is 1. The van der Waals surface area contributed by atoms with Gasteiger partial charge in [0.15, 0.2) is 11.6 Å². The Balaban J connectivity index is 2.89. The first kappa shape index (κ1) is 15.4. The lowest BCUT2D eigenvalue weighted by Crippen LogP contribution is -2.29. The Bertz CT molecular complexity index is 693. The Morgan fingerprint density at radius 3 is 2.29 bits per heavy atom. The van der Waals surface area contributed by atoms with Crippen molar-refractivity contribution in [3.8, 4) is 11.5 Å². The van der Waals surface area contributed by atoms with Crippen LogP contribution in [0.5, 0.6) is 11.5 Å². The van der Waals surface area contributed by atoms with Gasteiger partial charge in [-0.15, -0.1) is 4.39 Å². The van der Waals surface area contributed by atoms with E-state index in [4.69, 9.17) is 10.2 Å². The summed E-state index contributed by atoms with van der Waals surface area (Å²) in [5, 5.41) is 26.9. The lowest BCUT2D eigenvalue weighted by Gasteiger charge is -2.19. The van der Waals surface area contributed by atoms with Crippen LogP contribution in [0.4, 0.5) is 13.2 Å². The second-order valence-electron chi connectivity index (χ2n) is 4.92. The van der Waals surface area contributed by atoms with Crippen LogP contribution in [0.15, 0.2) is 18.2 Å². The first-order chi connectivity index (χ1) is 9.60. The van der Waals surface area contributed by atoms with Crippen molar-refractivity contribution in [1.82, 2.24) is 0 Å². The summed E-state index contributed by atoms with van der Waals surface area (Å²) in [6.45, 7) is 3.42. The maximum Gasteiger partial charge on any atom is 0.492 e. The third kappa shape index (κ3) is 3.03. The summed E-state index contributed by atoms with van der Waals surface area (Å²) in [5.41, 5.74) is 0.336. The summed E-state index contributed by atoms with van der Waals surface area (Å²) in [6.07, 6.45) is -4.16. The number of halogens is 3. The Morgan fingerprint density at radius 2 is 1.76 bits per heavy atom. The molecule has 0 saturated heterocycles. The molecule has 4 nitrogen and oxygen atoms in total. The van der Waals surface area contributed by atoms with E-state index < -0.39 is 23.6 Å². The first-order valence-electron chi connectivity index (χ1n) is 6.07. The van der Waals surface area contributed by atoms with E-state index in [0.29, 0.717) is 5.56 Å². The minimum Gasteiger partial charge on any atom is -0.508 e. The molecule has 0 aliphatic rings. The maximum atomic E-state index is 13.9. The van der Waals surface area contributed by atoms with E-state index in [1.165, 1.54) is 6.07 Å². The number of ether oxygens (including phenoxy) is 1. The van der Waals surface area contributed by atoms with Gasteiger partial charge in [-0.3, -0.25) is 0 Å². The van der Waals surface area contributed by atoms with Crippen LogP contribution in [0, 0.1) is 11.6 Å². The summed E-state index contributed by atoms with van der Waals surface area (Å²) >= 11 is 0. The van der Waals surface area contributed by atoms with E-state index in [0.717, 1.165) is 12.1 Å². The SMILES string of the molecule is CC(C)c1cc(O)cc2cc(F)c(F)c(OC(O)(O)F)c12. The van der Waals surface area contributed by atoms with Crippen molar-refractivity contribution in [2.45, 2.75) is 26.0 Å². The minimum atomic E-state index is -4.16. The molecule has 0 heterocycles. The number of alkyl halides is 1. The number of aliphatic hydroxyl groups is 2. The summed E-state index contributed by atoms with van der Waals surface area (Å²) < 4.78 is 44.4. The molecule has 2 aromatic carbocycles. The van der Waals surface area contributed by atoms with Gasteiger partial charge in [0.1, 0.15) is 5.75 Å². The molecule has 114 valence electrons. The second kappa shape index (κ2) is 5.09. The highest BCUT2D eigenvalue weighted by Gasteiger charge is 2.30. The van der Waals surface area contributed by atoms with Crippen molar-refractivity contribution in [2.24, 2.45) is 0 Å². The zero-order valence-electron chi connectivity index (χ0n) is 11.2. The average Bonchev–Trinajstić information content (AvgIpc) is 2.32. The lowest BCUT2D eigenvalue weighted by molar-refractivity contribution is -0.375. The van der Waals surface area contributed by atoms with Gasteiger partial charge >= 0.3 is 6.23 Å². The fourth-order valence-electron chi connectivity index (χ4n) is 2.15. The first-order valence-corrected chi connectivity index (χ1v) is 6.07. The molecule has 0 radical (unpaired) electrons. The van der Waals surface area contributed by atoms with Gasteiger partial charge in [-0.2, -0.15) is 4.39 Å². The van der Waals surface area contributed by atoms with Crippen LogP contribution in [0.2, 0.25) is 0 Å². The van der Waals surface area contributed by atoms with Crippen molar-refractivity contribution in [3.05, 3.63) is 35.4 Å². The van der Waals surface area contributed by atoms with Crippen molar-refractivity contribution < 1.29 is 33.2 Å². The summed E-state index contributed by atoms with van der Waals surface area (Å²) in [4.78, 5) is 0. The van der Waals surface area contributed by atoms with Crippen molar-refractivity contribution >= 4 is 10.8 Å². The summed E-state index contributed by atoms with van der Waals surface area (Å²) in [7, 11) is 0. The molecular formula is C14H13F3O4. The van der Waals surface area contributed by atoms with E-state index in [1.54, 1.807) is 13.8 Å². The summed E-state index contributed by atoms with van der Waals surface area (Å²) in [5.74, 6) is -4.34. The Hall–Kier alpha value is -1.99. The van der Waals surface area contributed by atoms with Gasteiger partial charge in [-0.1, -0.05) is 13.8 Å². The van der Waals surface area contributed by atoms with Crippen LogP contribution in [0.1, 0.15) is 25.3 Å². The van der Waals surface area contributed by atoms with E-state index in [2.05, 4.69) is 4.74 Å². The lowest BCUT2D eigenvalue weighted by atomic mass is 9.94. The second-order valence-corrected chi connectivity index (χ2v) is 4.92. The predicted octanol–water partition coefficient (Wildman–Crippen LogP) is 2.89. The normalized spacial score (nSPS) is 12.2. The fourth-order valence-corrected chi connectivity index (χ4v) is 2.15. The number of aromatic hydroxyl groups is 1. The predicted molar refractivity (Wildman–Crippen MR) is 68.5 cm³/mol. The number of hydrogen-bond donors (Lipinski definition) is 3. The number of benzene rings is 2. The fraction of sp³-hybridized carbons (Fsp3) is 0.286. The molecule has 21 heavy (non-hydrogen) atoms. The monoisotopic (exact) mass is 302 g/mol. The van der Waals surface area contributed by atoms with Crippen LogP contribution in [0.3, 0.4) is 0 Å². The summed E-state index contributed by atoms with van der Waals surface area (Å²) in [6, 6.07) is 3.22. The van der Waals surface area contributed by atoms with Gasteiger partial charge in [-0.05, 0) is 35.1 Å².